The smallest absolute Gasteiger partial charge is 0.355 e. The van der Waals surface area contributed by atoms with E-state index >= 15 is 0 Å². The normalized spacial score (nSPS) is 16.8. The number of aromatic nitrogens is 2. The van der Waals surface area contributed by atoms with E-state index in [0.717, 1.165) is 25.9 Å². The molecule has 0 bridgehead atoms. The van der Waals surface area contributed by atoms with Crippen LogP contribution in [0.1, 0.15) is 31.4 Å². The summed E-state index contributed by atoms with van der Waals surface area (Å²) in [6, 6.07) is 2.26. The van der Waals surface area contributed by atoms with Crippen molar-refractivity contribution in [1.29, 1.82) is 5.26 Å². The maximum atomic E-state index is 12.1. The average molecular weight is 298 g/mol. The van der Waals surface area contributed by atoms with Gasteiger partial charge < -0.3 is 4.90 Å². The quantitative estimate of drug-likeness (QED) is 0.857. The second kappa shape index (κ2) is 6.74. The van der Waals surface area contributed by atoms with Crippen LogP contribution in [0.25, 0.3) is 0 Å². The molecule has 0 aromatic carbocycles. The van der Waals surface area contributed by atoms with E-state index in [0.29, 0.717) is 11.5 Å². The fraction of sp³-hybridized carbons (Fsp3) is 0.643. The predicted octanol–water partition coefficient (Wildman–Crippen LogP) is 3.10. The van der Waals surface area contributed by atoms with E-state index in [1.807, 2.05) is 4.90 Å². The number of halogens is 3. The molecule has 0 N–H and O–H groups in total. The fourth-order valence-electron chi connectivity index (χ4n) is 2.38. The maximum absolute atomic E-state index is 12.1. The summed E-state index contributed by atoms with van der Waals surface area (Å²) in [5, 5.41) is 8.87. The minimum absolute atomic E-state index is 0.0259. The Morgan fingerprint density at radius 2 is 2.00 bits per heavy atom. The van der Waals surface area contributed by atoms with Crippen LogP contribution >= 0.6 is 0 Å². The molecule has 114 valence electrons. The molecule has 0 spiro atoms. The summed E-state index contributed by atoms with van der Waals surface area (Å²) < 4.78 is 36.4. The van der Waals surface area contributed by atoms with Gasteiger partial charge in [0.1, 0.15) is 5.82 Å². The Morgan fingerprint density at radius 1 is 1.29 bits per heavy atom. The molecular formula is C14H17F3N4. The van der Waals surface area contributed by atoms with Gasteiger partial charge >= 0.3 is 6.18 Å². The molecule has 1 fully saturated rings. The summed E-state index contributed by atoms with van der Waals surface area (Å²) in [6.45, 7) is 1.47. The van der Waals surface area contributed by atoms with Crippen molar-refractivity contribution in [2.45, 2.75) is 38.3 Å². The number of hydrogen-bond acceptors (Lipinski definition) is 4. The number of hydrogen-bond donors (Lipinski definition) is 0. The Kier molecular flexibility index (Phi) is 4.99. The van der Waals surface area contributed by atoms with Crippen LogP contribution in [0.5, 0.6) is 0 Å². The van der Waals surface area contributed by atoms with Gasteiger partial charge in [0, 0.05) is 31.6 Å². The Morgan fingerprint density at radius 3 is 2.62 bits per heavy atom. The second-order valence-electron chi connectivity index (χ2n) is 5.23. The zero-order valence-electron chi connectivity index (χ0n) is 11.6. The minimum Gasteiger partial charge on any atom is -0.355 e. The molecule has 1 aliphatic rings. The van der Waals surface area contributed by atoms with Crippen molar-refractivity contribution >= 4 is 5.82 Å². The van der Waals surface area contributed by atoms with Gasteiger partial charge in [0.25, 0.3) is 0 Å². The highest BCUT2D eigenvalue weighted by atomic mass is 19.4. The first-order chi connectivity index (χ1) is 9.98. The van der Waals surface area contributed by atoms with E-state index in [4.69, 9.17) is 5.26 Å². The lowest BCUT2D eigenvalue weighted by Gasteiger charge is -2.29. The van der Waals surface area contributed by atoms with Crippen LogP contribution in [0.2, 0.25) is 0 Å². The topological polar surface area (TPSA) is 52.8 Å². The Labute approximate surface area is 121 Å². The number of piperidine rings is 1. The first-order valence-corrected chi connectivity index (χ1v) is 7.00. The van der Waals surface area contributed by atoms with Gasteiger partial charge in [0.05, 0.1) is 18.0 Å². The van der Waals surface area contributed by atoms with Crippen LogP contribution < -0.4 is 4.90 Å². The Balaban J connectivity index is 1.91. The number of aryl methyl sites for hydroxylation is 1. The highest BCUT2D eigenvalue weighted by Crippen LogP contribution is 2.23. The van der Waals surface area contributed by atoms with Crippen LogP contribution in [-0.4, -0.2) is 29.2 Å². The molecule has 0 saturated carbocycles. The number of nitrogens with zero attached hydrogens (tertiary/aromatic N) is 4. The molecule has 2 heterocycles. The SMILES string of the molecule is N#CC1CCN(c2cncc(CCCC(F)(F)F)n2)CC1. The van der Waals surface area contributed by atoms with Gasteiger partial charge in [-0.05, 0) is 25.7 Å². The predicted molar refractivity (Wildman–Crippen MR) is 71.6 cm³/mol. The molecule has 1 aromatic rings. The third-order valence-corrected chi connectivity index (χ3v) is 3.57. The molecule has 0 radical (unpaired) electrons. The lowest BCUT2D eigenvalue weighted by Crippen LogP contribution is -2.34. The third-order valence-electron chi connectivity index (χ3n) is 3.57. The maximum Gasteiger partial charge on any atom is 0.389 e. The van der Waals surface area contributed by atoms with Gasteiger partial charge in [-0.15, -0.1) is 0 Å². The molecule has 2 rings (SSSR count). The van der Waals surface area contributed by atoms with Crippen LogP contribution in [0.15, 0.2) is 12.4 Å². The standard InChI is InChI=1S/C14H17F3N4/c15-14(16,17)5-1-2-12-9-19-10-13(20-12)21-6-3-11(8-18)4-7-21/h9-11H,1-7H2. The van der Waals surface area contributed by atoms with E-state index < -0.39 is 12.6 Å². The zero-order chi connectivity index (χ0) is 15.3. The summed E-state index contributed by atoms with van der Waals surface area (Å²) in [7, 11) is 0. The average Bonchev–Trinajstić information content (AvgIpc) is 2.46. The second-order valence-corrected chi connectivity index (χ2v) is 5.23. The third kappa shape index (κ3) is 4.88. The number of alkyl halides is 3. The van der Waals surface area contributed by atoms with Gasteiger partial charge in [0.15, 0.2) is 0 Å². The van der Waals surface area contributed by atoms with Crippen LogP contribution in [0.4, 0.5) is 19.0 Å². The minimum atomic E-state index is -4.12. The van der Waals surface area contributed by atoms with Crippen molar-refractivity contribution in [3.8, 4) is 6.07 Å². The molecule has 21 heavy (non-hydrogen) atoms. The molecule has 7 heteroatoms. The van der Waals surface area contributed by atoms with Gasteiger partial charge in [-0.1, -0.05) is 0 Å². The van der Waals surface area contributed by atoms with Crippen molar-refractivity contribution in [3.63, 3.8) is 0 Å². The molecule has 0 unspecified atom stereocenters. The van der Waals surface area contributed by atoms with Crippen LogP contribution in [-0.2, 0) is 6.42 Å². The van der Waals surface area contributed by atoms with E-state index in [-0.39, 0.29) is 18.8 Å². The molecule has 1 saturated heterocycles. The van der Waals surface area contributed by atoms with Crippen LogP contribution in [0, 0.1) is 17.2 Å². The van der Waals surface area contributed by atoms with Crippen molar-refractivity contribution in [2.75, 3.05) is 18.0 Å². The summed E-state index contributed by atoms with van der Waals surface area (Å²) >= 11 is 0. The molecule has 0 aliphatic carbocycles. The highest BCUT2D eigenvalue weighted by molar-refractivity contribution is 5.37. The summed E-state index contributed by atoms with van der Waals surface area (Å²) in [6.07, 6.45) is 0.0959. The van der Waals surface area contributed by atoms with E-state index in [1.54, 1.807) is 6.20 Å². The Bertz CT molecular complexity index is 502. The number of rotatable bonds is 4. The van der Waals surface area contributed by atoms with Gasteiger partial charge in [-0.3, -0.25) is 4.98 Å². The van der Waals surface area contributed by atoms with Crippen molar-refractivity contribution in [3.05, 3.63) is 18.1 Å². The first-order valence-electron chi connectivity index (χ1n) is 7.00. The van der Waals surface area contributed by atoms with E-state index in [2.05, 4.69) is 16.0 Å². The summed E-state index contributed by atoms with van der Waals surface area (Å²) in [4.78, 5) is 10.5. The lowest BCUT2D eigenvalue weighted by atomic mass is 9.99. The highest BCUT2D eigenvalue weighted by Gasteiger charge is 2.26. The van der Waals surface area contributed by atoms with Gasteiger partial charge in [0.2, 0.25) is 0 Å². The van der Waals surface area contributed by atoms with Gasteiger partial charge in [-0.25, -0.2) is 4.98 Å². The summed E-state index contributed by atoms with van der Waals surface area (Å²) in [5.41, 5.74) is 0.583. The van der Waals surface area contributed by atoms with E-state index in [9.17, 15) is 13.2 Å². The molecule has 1 aromatic heterocycles. The fourth-order valence-corrected chi connectivity index (χ4v) is 2.38. The van der Waals surface area contributed by atoms with Crippen molar-refractivity contribution < 1.29 is 13.2 Å². The van der Waals surface area contributed by atoms with E-state index in [1.165, 1.54) is 6.20 Å². The molecule has 0 atom stereocenters. The zero-order valence-corrected chi connectivity index (χ0v) is 11.6. The van der Waals surface area contributed by atoms with Gasteiger partial charge in [-0.2, -0.15) is 18.4 Å². The Hall–Kier alpha value is -1.84. The van der Waals surface area contributed by atoms with Crippen molar-refractivity contribution in [1.82, 2.24) is 9.97 Å². The lowest BCUT2D eigenvalue weighted by molar-refractivity contribution is -0.135. The molecule has 1 aliphatic heterocycles. The molecule has 4 nitrogen and oxygen atoms in total. The first kappa shape index (κ1) is 15.5. The number of anilines is 1. The summed E-state index contributed by atoms with van der Waals surface area (Å²) in [5.74, 6) is 0.778. The molecule has 0 amide bonds. The monoisotopic (exact) mass is 298 g/mol. The molecular weight excluding hydrogens is 281 g/mol. The largest absolute Gasteiger partial charge is 0.389 e. The van der Waals surface area contributed by atoms with Crippen molar-refractivity contribution in [2.24, 2.45) is 5.92 Å². The van der Waals surface area contributed by atoms with Crippen LogP contribution in [0.3, 0.4) is 0 Å². The number of nitriles is 1.